The second-order valence-corrected chi connectivity index (χ2v) is 6.05. The van der Waals surface area contributed by atoms with Crippen molar-refractivity contribution in [2.45, 2.75) is 13.1 Å². The predicted molar refractivity (Wildman–Crippen MR) is 89.1 cm³/mol. The number of rotatable bonds is 6. The zero-order valence-electron chi connectivity index (χ0n) is 11.7. The van der Waals surface area contributed by atoms with Crippen LogP contribution in [0.15, 0.2) is 46.9 Å². The molecule has 2 aromatic carbocycles. The van der Waals surface area contributed by atoms with E-state index in [1.807, 2.05) is 12.1 Å². The summed E-state index contributed by atoms with van der Waals surface area (Å²) in [5, 5.41) is 6.44. The molecule has 116 valence electrons. The molecule has 2 N–H and O–H groups in total. The summed E-state index contributed by atoms with van der Waals surface area (Å²) in [6, 6.07) is 12.2. The molecular formula is C16H15BrClFN2O. The van der Waals surface area contributed by atoms with E-state index in [4.69, 9.17) is 11.6 Å². The molecule has 0 saturated heterocycles. The topological polar surface area (TPSA) is 41.1 Å². The Labute approximate surface area is 142 Å². The van der Waals surface area contributed by atoms with E-state index < -0.39 is 0 Å². The van der Waals surface area contributed by atoms with Crippen molar-refractivity contribution in [2.75, 3.05) is 6.54 Å². The lowest BCUT2D eigenvalue weighted by molar-refractivity contribution is -0.120. The molecule has 1 amide bonds. The van der Waals surface area contributed by atoms with E-state index in [1.54, 1.807) is 24.3 Å². The van der Waals surface area contributed by atoms with Gasteiger partial charge in [-0.3, -0.25) is 4.79 Å². The highest BCUT2D eigenvalue weighted by molar-refractivity contribution is 9.10. The van der Waals surface area contributed by atoms with Crippen LogP contribution in [0.2, 0.25) is 5.02 Å². The van der Waals surface area contributed by atoms with Crippen molar-refractivity contribution in [1.82, 2.24) is 10.6 Å². The normalized spacial score (nSPS) is 10.5. The molecule has 0 atom stereocenters. The molecule has 0 aliphatic rings. The van der Waals surface area contributed by atoms with E-state index in [0.29, 0.717) is 22.6 Å². The highest BCUT2D eigenvalue weighted by atomic mass is 79.9. The quantitative estimate of drug-likeness (QED) is 0.797. The maximum absolute atomic E-state index is 13.3. The molecule has 3 nitrogen and oxygen atoms in total. The number of nitrogens with one attached hydrogen (secondary N) is 2. The smallest absolute Gasteiger partial charge is 0.234 e. The molecule has 0 bridgehead atoms. The second kappa shape index (κ2) is 8.27. The van der Waals surface area contributed by atoms with Crippen molar-refractivity contribution in [3.05, 3.63) is 68.9 Å². The van der Waals surface area contributed by atoms with Crippen molar-refractivity contribution in [3.63, 3.8) is 0 Å². The van der Waals surface area contributed by atoms with Crippen LogP contribution in [0.5, 0.6) is 0 Å². The van der Waals surface area contributed by atoms with Crippen LogP contribution in [-0.4, -0.2) is 12.5 Å². The summed E-state index contributed by atoms with van der Waals surface area (Å²) in [4.78, 5) is 11.7. The second-order valence-electron chi connectivity index (χ2n) is 4.76. The van der Waals surface area contributed by atoms with Gasteiger partial charge in [0.15, 0.2) is 0 Å². The summed E-state index contributed by atoms with van der Waals surface area (Å²) in [5.74, 6) is -0.431. The number of halogens is 3. The van der Waals surface area contributed by atoms with Gasteiger partial charge in [-0.25, -0.2) is 4.39 Å². The molecule has 2 aromatic rings. The molecule has 2 rings (SSSR count). The summed E-state index contributed by atoms with van der Waals surface area (Å²) in [6.07, 6.45) is 0. The first kappa shape index (κ1) is 16.9. The van der Waals surface area contributed by atoms with Crippen LogP contribution in [-0.2, 0) is 17.9 Å². The van der Waals surface area contributed by atoms with Gasteiger partial charge in [-0.1, -0.05) is 29.8 Å². The Balaban J connectivity index is 1.71. The minimum Gasteiger partial charge on any atom is -0.351 e. The van der Waals surface area contributed by atoms with Gasteiger partial charge < -0.3 is 10.6 Å². The Morgan fingerprint density at radius 2 is 1.77 bits per heavy atom. The number of hydrogen-bond acceptors (Lipinski definition) is 2. The van der Waals surface area contributed by atoms with Crippen molar-refractivity contribution in [1.29, 1.82) is 0 Å². The first-order chi connectivity index (χ1) is 10.5. The van der Waals surface area contributed by atoms with Crippen molar-refractivity contribution < 1.29 is 9.18 Å². The molecule has 0 saturated carbocycles. The highest BCUT2D eigenvalue weighted by Crippen LogP contribution is 2.16. The third-order valence-corrected chi connectivity index (χ3v) is 3.90. The monoisotopic (exact) mass is 384 g/mol. The summed E-state index contributed by atoms with van der Waals surface area (Å²) in [7, 11) is 0. The van der Waals surface area contributed by atoms with Gasteiger partial charge in [0.2, 0.25) is 5.91 Å². The van der Waals surface area contributed by atoms with Crippen LogP contribution in [0.4, 0.5) is 4.39 Å². The van der Waals surface area contributed by atoms with Crippen LogP contribution in [0.25, 0.3) is 0 Å². The fourth-order valence-corrected chi connectivity index (χ4v) is 2.21. The molecule has 22 heavy (non-hydrogen) atoms. The van der Waals surface area contributed by atoms with E-state index >= 15 is 0 Å². The average Bonchev–Trinajstić information content (AvgIpc) is 2.50. The number of amides is 1. The lowest BCUT2D eigenvalue weighted by Gasteiger charge is -2.07. The van der Waals surface area contributed by atoms with Gasteiger partial charge in [-0.05, 0) is 51.3 Å². The Morgan fingerprint density at radius 3 is 2.45 bits per heavy atom. The van der Waals surface area contributed by atoms with Gasteiger partial charge in [0, 0.05) is 18.1 Å². The third-order valence-electron chi connectivity index (χ3n) is 3.00. The zero-order chi connectivity index (χ0) is 15.9. The molecule has 0 unspecified atom stereocenters. The molecule has 0 spiro atoms. The van der Waals surface area contributed by atoms with Crippen molar-refractivity contribution >= 4 is 33.4 Å². The Bertz CT molecular complexity index is 649. The summed E-state index contributed by atoms with van der Waals surface area (Å²) in [5.41, 5.74) is 1.76. The van der Waals surface area contributed by atoms with E-state index in [2.05, 4.69) is 26.6 Å². The van der Waals surface area contributed by atoms with Gasteiger partial charge >= 0.3 is 0 Å². The maximum Gasteiger partial charge on any atom is 0.234 e. The summed E-state index contributed by atoms with van der Waals surface area (Å²) < 4.78 is 13.8. The Morgan fingerprint density at radius 1 is 1.09 bits per heavy atom. The average molecular weight is 386 g/mol. The third kappa shape index (κ3) is 5.40. The minimum atomic E-state index is -0.313. The summed E-state index contributed by atoms with van der Waals surface area (Å²) >= 11 is 8.90. The standard InChI is InChI=1S/C16H15BrClFN2O/c17-14-6-3-12(7-15(14)19)8-20-10-16(22)21-9-11-1-4-13(18)5-2-11/h1-7,20H,8-10H2,(H,21,22). The molecule has 0 radical (unpaired) electrons. The van der Waals surface area contributed by atoms with E-state index in [-0.39, 0.29) is 18.3 Å². The molecule has 0 fully saturated rings. The number of carbonyl (C=O) groups is 1. The first-order valence-electron chi connectivity index (χ1n) is 6.70. The Hall–Kier alpha value is -1.43. The van der Waals surface area contributed by atoms with E-state index in [1.165, 1.54) is 6.07 Å². The van der Waals surface area contributed by atoms with Crippen LogP contribution < -0.4 is 10.6 Å². The molecular weight excluding hydrogens is 371 g/mol. The van der Waals surface area contributed by atoms with Gasteiger partial charge in [0.25, 0.3) is 0 Å². The first-order valence-corrected chi connectivity index (χ1v) is 7.87. The lowest BCUT2D eigenvalue weighted by Crippen LogP contribution is -2.33. The van der Waals surface area contributed by atoms with Crippen LogP contribution in [0.3, 0.4) is 0 Å². The van der Waals surface area contributed by atoms with E-state index in [9.17, 15) is 9.18 Å². The van der Waals surface area contributed by atoms with Gasteiger partial charge in [-0.15, -0.1) is 0 Å². The molecule has 0 aliphatic carbocycles. The predicted octanol–water partition coefficient (Wildman–Crippen LogP) is 3.65. The fraction of sp³-hybridized carbons (Fsp3) is 0.188. The Kier molecular flexibility index (Phi) is 6.36. The van der Waals surface area contributed by atoms with E-state index in [0.717, 1.165) is 11.1 Å². The van der Waals surface area contributed by atoms with Gasteiger partial charge in [0.1, 0.15) is 5.82 Å². The van der Waals surface area contributed by atoms with Crippen LogP contribution in [0, 0.1) is 5.82 Å². The number of carbonyl (C=O) groups excluding carboxylic acids is 1. The minimum absolute atomic E-state index is 0.118. The van der Waals surface area contributed by atoms with Gasteiger partial charge in [0.05, 0.1) is 11.0 Å². The number of hydrogen-bond donors (Lipinski definition) is 2. The fourth-order valence-electron chi connectivity index (χ4n) is 1.84. The highest BCUT2D eigenvalue weighted by Gasteiger charge is 2.03. The van der Waals surface area contributed by atoms with Crippen LogP contribution >= 0.6 is 27.5 Å². The van der Waals surface area contributed by atoms with Gasteiger partial charge in [-0.2, -0.15) is 0 Å². The SMILES string of the molecule is O=C(CNCc1ccc(Br)c(F)c1)NCc1ccc(Cl)cc1. The molecule has 0 aromatic heterocycles. The van der Waals surface area contributed by atoms with Crippen molar-refractivity contribution in [3.8, 4) is 0 Å². The number of benzene rings is 2. The van der Waals surface area contributed by atoms with Crippen LogP contribution in [0.1, 0.15) is 11.1 Å². The largest absolute Gasteiger partial charge is 0.351 e. The van der Waals surface area contributed by atoms with Crippen molar-refractivity contribution in [2.24, 2.45) is 0 Å². The summed E-state index contributed by atoms with van der Waals surface area (Å²) in [6.45, 7) is 1.05. The molecule has 6 heteroatoms. The zero-order valence-corrected chi connectivity index (χ0v) is 14.0. The molecule has 0 aliphatic heterocycles. The maximum atomic E-state index is 13.3. The lowest BCUT2D eigenvalue weighted by atomic mass is 10.2. The molecule has 0 heterocycles.